The molecule has 47 heavy (non-hydrogen) atoms. The van der Waals surface area contributed by atoms with Crippen molar-refractivity contribution >= 4 is 69.9 Å². The van der Waals surface area contributed by atoms with Crippen molar-refractivity contribution in [3.8, 4) is 0 Å². The number of fused-ring (bicyclic) bond motifs is 2. The second-order valence-corrected chi connectivity index (χ2v) is 12.3. The van der Waals surface area contributed by atoms with Crippen molar-refractivity contribution in [2.24, 2.45) is 0 Å². The lowest BCUT2D eigenvalue weighted by Crippen LogP contribution is -2.22. The number of nitrogens with zero attached hydrogens (tertiary/aromatic N) is 1. The Bertz CT molecular complexity index is 1720. The first-order valence-corrected chi connectivity index (χ1v) is 17.8. The fourth-order valence-corrected chi connectivity index (χ4v) is 6.14. The Kier molecular flexibility index (Phi) is 14.2. The molecule has 0 aromatic heterocycles. The maximum atomic E-state index is 12.1. The van der Waals surface area contributed by atoms with Gasteiger partial charge in [-0.2, -0.15) is 12.6 Å². The number of thiol groups is 1. The summed E-state index contributed by atoms with van der Waals surface area (Å²) in [5, 5.41) is 2.20. The van der Waals surface area contributed by atoms with Crippen LogP contribution in [0.15, 0.2) is 140 Å². The van der Waals surface area contributed by atoms with Gasteiger partial charge in [0.1, 0.15) is 0 Å². The van der Waals surface area contributed by atoms with Crippen LogP contribution in [0.2, 0.25) is 0 Å². The van der Waals surface area contributed by atoms with Crippen molar-refractivity contribution in [3.05, 3.63) is 178 Å². The summed E-state index contributed by atoms with van der Waals surface area (Å²) in [5.74, 6) is 1.29. The Balaban J connectivity index is 0.000000153. The van der Waals surface area contributed by atoms with E-state index >= 15 is 0 Å². The van der Waals surface area contributed by atoms with Gasteiger partial charge in [0.25, 0.3) is 23.6 Å². The molecule has 0 aliphatic carbocycles. The number of benzene rings is 5. The second kappa shape index (κ2) is 18.8. The van der Waals surface area contributed by atoms with Gasteiger partial charge in [-0.1, -0.05) is 126 Å². The summed E-state index contributed by atoms with van der Waals surface area (Å²) in [6.45, 7) is 0. The lowest BCUT2D eigenvalue weighted by atomic mass is 10.1. The molecule has 0 radical (unpaired) electrons. The van der Waals surface area contributed by atoms with Gasteiger partial charge in [-0.05, 0) is 63.6 Å². The fourth-order valence-electron chi connectivity index (χ4n) is 4.34. The van der Waals surface area contributed by atoms with Crippen LogP contribution in [0.5, 0.6) is 0 Å². The molecule has 238 valence electrons. The predicted octanol–water partition coefficient (Wildman–Crippen LogP) is 8.89. The second-order valence-electron chi connectivity index (χ2n) is 9.92. The van der Waals surface area contributed by atoms with Crippen LogP contribution in [0.1, 0.15) is 58.1 Å². The molecule has 0 fully saturated rings. The average Bonchev–Trinajstić information content (AvgIpc) is 3.56. The average molecular weight is 699 g/mol. The van der Waals surface area contributed by atoms with Gasteiger partial charge in [0.05, 0.1) is 22.3 Å². The lowest BCUT2D eigenvalue weighted by molar-refractivity contribution is 0.0774. The van der Waals surface area contributed by atoms with E-state index in [1.807, 2.05) is 66.7 Å². The van der Waals surface area contributed by atoms with Crippen molar-refractivity contribution in [1.82, 2.24) is 9.62 Å². The zero-order valence-corrected chi connectivity index (χ0v) is 28.4. The molecular weight excluding hydrogens is 668 g/mol. The van der Waals surface area contributed by atoms with E-state index in [1.165, 1.54) is 38.4 Å². The summed E-state index contributed by atoms with van der Waals surface area (Å²) in [6.07, 6.45) is 0. The van der Waals surface area contributed by atoms with Gasteiger partial charge in [-0.3, -0.25) is 24.5 Å². The third kappa shape index (κ3) is 10.4. The molecule has 7 rings (SSSR count). The first-order chi connectivity index (χ1) is 22.9. The summed E-state index contributed by atoms with van der Waals surface area (Å²) in [6, 6.07) is 43.8. The van der Waals surface area contributed by atoms with Crippen molar-refractivity contribution < 1.29 is 19.2 Å². The Hall–Kier alpha value is -4.28. The van der Waals surface area contributed by atoms with Gasteiger partial charge in [0.2, 0.25) is 0 Å². The van der Waals surface area contributed by atoms with Gasteiger partial charge < -0.3 is 0 Å². The normalized spacial score (nSPS) is 12.3. The minimum atomic E-state index is -0.300. The number of carbonyl (C=O) groups excluding carboxylic acids is 4. The molecule has 0 spiro atoms. The number of halogens is 1. The van der Waals surface area contributed by atoms with E-state index in [1.54, 1.807) is 48.5 Å². The standard InChI is InChI=1S/C15H11NO2S.C8H5NO2.C7H7ClS.C7H8S/c17-14-12-8-4-5-9-13(12)15(18)16(14)19-10-11-6-2-1-3-7-11;10-7-5-3-1-2-4-6(5)8(11)9-7;8-9-6-7-4-2-1-3-5-7;8-6-7-4-2-1-3-5-7/h1-9H,10H2;1-4H,(H,9,10,11);1-5H,6H2;1-5,8H,6H2. The van der Waals surface area contributed by atoms with E-state index in [4.69, 9.17) is 10.7 Å². The quantitative estimate of drug-likeness (QED) is 0.105. The van der Waals surface area contributed by atoms with Crippen LogP contribution < -0.4 is 5.32 Å². The van der Waals surface area contributed by atoms with E-state index < -0.39 is 0 Å². The van der Waals surface area contributed by atoms with Gasteiger partial charge in [-0.15, -0.1) is 0 Å². The van der Waals surface area contributed by atoms with Crippen molar-refractivity contribution in [3.63, 3.8) is 0 Å². The molecule has 0 saturated heterocycles. The Morgan fingerprint density at radius 3 is 1.26 bits per heavy atom. The number of hydrogen-bond donors (Lipinski definition) is 2. The third-order valence-corrected chi connectivity index (χ3v) is 8.88. The molecule has 2 aliphatic heterocycles. The minimum absolute atomic E-state index is 0.221. The predicted molar refractivity (Wildman–Crippen MR) is 196 cm³/mol. The summed E-state index contributed by atoms with van der Waals surface area (Å²) in [4.78, 5) is 46.1. The number of nitrogens with one attached hydrogen (secondary N) is 1. The monoisotopic (exact) mass is 698 g/mol. The minimum Gasteiger partial charge on any atom is -0.288 e. The largest absolute Gasteiger partial charge is 0.288 e. The van der Waals surface area contributed by atoms with Crippen LogP contribution in [-0.4, -0.2) is 27.9 Å². The molecule has 10 heteroatoms. The zero-order valence-electron chi connectivity index (χ0n) is 25.1. The molecule has 0 bridgehead atoms. The van der Waals surface area contributed by atoms with E-state index in [-0.39, 0.29) is 23.6 Å². The summed E-state index contributed by atoms with van der Waals surface area (Å²) in [7, 11) is 6.78. The number of carbonyl (C=O) groups is 4. The summed E-state index contributed by atoms with van der Waals surface area (Å²) in [5.41, 5.74) is 5.56. The van der Waals surface area contributed by atoms with E-state index in [2.05, 4.69) is 42.2 Å². The molecule has 4 amide bonds. The zero-order chi connectivity index (χ0) is 33.4. The Labute approximate surface area is 293 Å². The van der Waals surface area contributed by atoms with Crippen molar-refractivity contribution in [2.45, 2.75) is 17.3 Å². The smallest absolute Gasteiger partial charge is 0.271 e. The van der Waals surface area contributed by atoms with E-state index in [0.29, 0.717) is 28.0 Å². The van der Waals surface area contributed by atoms with E-state index in [0.717, 1.165) is 17.1 Å². The summed E-state index contributed by atoms with van der Waals surface area (Å²) >= 11 is 5.35. The molecule has 6 nitrogen and oxygen atoms in total. The van der Waals surface area contributed by atoms with Crippen LogP contribution in [0.3, 0.4) is 0 Å². The maximum Gasteiger partial charge on any atom is 0.271 e. The molecule has 2 heterocycles. The molecular formula is C37H31ClN2O4S3. The van der Waals surface area contributed by atoms with Gasteiger partial charge >= 0.3 is 0 Å². The molecule has 0 atom stereocenters. The van der Waals surface area contributed by atoms with Crippen LogP contribution in [-0.2, 0) is 17.3 Å². The van der Waals surface area contributed by atoms with Crippen LogP contribution in [0.4, 0.5) is 0 Å². The van der Waals surface area contributed by atoms with Crippen molar-refractivity contribution in [1.29, 1.82) is 0 Å². The maximum absolute atomic E-state index is 12.1. The lowest BCUT2D eigenvalue weighted by Gasteiger charge is -2.11. The topological polar surface area (TPSA) is 83.5 Å². The molecule has 0 saturated carbocycles. The molecule has 1 N–H and O–H groups in total. The highest BCUT2D eigenvalue weighted by atomic mass is 35.7. The molecule has 5 aromatic rings. The highest BCUT2D eigenvalue weighted by Crippen LogP contribution is 2.30. The molecule has 2 aliphatic rings. The van der Waals surface area contributed by atoms with Gasteiger partial charge in [-0.25, -0.2) is 4.31 Å². The highest BCUT2D eigenvalue weighted by molar-refractivity contribution is 8.20. The first-order valence-electron chi connectivity index (χ1n) is 14.4. The van der Waals surface area contributed by atoms with Gasteiger partial charge in [0, 0.05) is 17.3 Å². The molecule has 0 unspecified atom stereocenters. The Morgan fingerprint density at radius 2 is 0.872 bits per heavy atom. The van der Waals surface area contributed by atoms with Crippen molar-refractivity contribution in [2.75, 3.05) is 0 Å². The third-order valence-electron chi connectivity index (χ3n) is 6.69. The number of rotatable bonds is 6. The first kappa shape index (κ1) is 35.6. The Morgan fingerprint density at radius 1 is 0.511 bits per heavy atom. The number of hydrogen-bond acceptors (Lipinski definition) is 7. The van der Waals surface area contributed by atoms with Gasteiger partial charge in [0.15, 0.2) is 0 Å². The van der Waals surface area contributed by atoms with E-state index in [9.17, 15) is 19.2 Å². The SMILES string of the molecule is ClSCc1ccccc1.O=C1NC(=O)c2ccccc21.O=C1c2ccccc2C(=O)N1SCc1ccccc1.SCc1ccccc1. The van der Waals surface area contributed by atoms with Crippen LogP contribution in [0, 0.1) is 0 Å². The van der Waals surface area contributed by atoms with Crippen LogP contribution >= 0.6 is 46.2 Å². The number of imide groups is 2. The highest BCUT2D eigenvalue weighted by Gasteiger charge is 2.35. The summed E-state index contributed by atoms with van der Waals surface area (Å²) < 4.78 is 1.25. The number of amides is 4. The van der Waals surface area contributed by atoms with Crippen LogP contribution in [0.25, 0.3) is 0 Å². The molecule has 5 aromatic carbocycles. The fraction of sp³-hybridized carbons (Fsp3) is 0.0811.